The Balaban J connectivity index is 2.14. The number of nitro benzene ring substituents is 1. The highest BCUT2D eigenvalue weighted by molar-refractivity contribution is 6.00. The van der Waals surface area contributed by atoms with Crippen molar-refractivity contribution >= 4 is 28.1 Å². The third-order valence-corrected chi connectivity index (χ3v) is 4.00. The molecule has 3 rings (SSSR count). The van der Waals surface area contributed by atoms with E-state index in [4.69, 9.17) is 4.74 Å². The maximum absolute atomic E-state index is 11.9. The Bertz CT molecular complexity index is 747. The molecule has 1 aliphatic heterocycles. The fraction of sp³-hybridized carbons (Fsp3) is 0.333. The van der Waals surface area contributed by atoms with E-state index in [9.17, 15) is 14.9 Å². The van der Waals surface area contributed by atoms with Crippen molar-refractivity contribution in [2.24, 2.45) is 0 Å². The van der Waals surface area contributed by atoms with E-state index in [-0.39, 0.29) is 17.7 Å². The summed E-state index contributed by atoms with van der Waals surface area (Å²) in [4.78, 5) is 28.6. The second-order valence-corrected chi connectivity index (χ2v) is 5.16. The summed E-state index contributed by atoms with van der Waals surface area (Å²) in [5.74, 6) is -0.280. The van der Waals surface area contributed by atoms with Crippen LogP contribution in [0, 0.1) is 10.1 Å². The molecule has 1 unspecified atom stereocenters. The molecular weight excluding hydrogens is 286 g/mol. The summed E-state index contributed by atoms with van der Waals surface area (Å²) < 4.78 is 4.86. The SMILES string of the molecule is COC(=O)C1CCCN1c1ccc([N+](=O)[O-])c2cnccc12. The normalized spacial score (nSPS) is 17.7. The lowest BCUT2D eigenvalue weighted by Gasteiger charge is -2.26. The zero-order valence-electron chi connectivity index (χ0n) is 12.1. The Kier molecular flexibility index (Phi) is 3.62. The summed E-state index contributed by atoms with van der Waals surface area (Å²) in [7, 11) is 1.37. The summed E-state index contributed by atoms with van der Waals surface area (Å²) in [6.45, 7) is 0.717. The molecule has 1 atom stereocenters. The fourth-order valence-corrected chi connectivity index (χ4v) is 3.01. The van der Waals surface area contributed by atoms with Crippen molar-refractivity contribution in [1.82, 2.24) is 4.98 Å². The number of nitrogens with zero attached hydrogens (tertiary/aromatic N) is 3. The second-order valence-electron chi connectivity index (χ2n) is 5.16. The largest absolute Gasteiger partial charge is 0.467 e. The number of fused-ring (bicyclic) bond motifs is 1. The molecule has 1 saturated heterocycles. The van der Waals surface area contributed by atoms with Gasteiger partial charge in [-0.1, -0.05) is 0 Å². The number of hydrogen-bond acceptors (Lipinski definition) is 6. The van der Waals surface area contributed by atoms with Gasteiger partial charge in [0.2, 0.25) is 0 Å². The van der Waals surface area contributed by atoms with Crippen LogP contribution < -0.4 is 4.90 Å². The zero-order chi connectivity index (χ0) is 15.7. The van der Waals surface area contributed by atoms with Crippen molar-refractivity contribution in [3.05, 3.63) is 40.7 Å². The highest BCUT2D eigenvalue weighted by atomic mass is 16.6. The molecule has 1 aromatic carbocycles. The van der Waals surface area contributed by atoms with E-state index >= 15 is 0 Å². The molecule has 22 heavy (non-hydrogen) atoms. The number of carbonyl (C=O) groups excluding carboxylic acids is 1. The number of nitro groups is 1. The molecule has 2 aromatic rings. The van der Waals surface area contributed by atoms with Crippen molar-refractivity contribution in [3.63, 3.8) is 0 Å². The first-order valence-corrected chi connectivity index (χ1v) is 6.99. The number of pyridine rings is 1. The Morgan fingerprint density at radius 2 is 2.23 bits per heavy atom. The molecule has 7 heteroatoms. The number of ether oxygens (including phenoxy) is 1. The average molecular weight is 301 g/mol. The van der Waals surface area contributed by atoms with Gasteiger partial charge < -0.3 is 9.64 Å². The average Bonchev–Trinajstić information content (AvgIpc) is 3.02. The lowest BCUT2D eigenvalue weighted by atomic mass is 10.1. The van der Waals surface area contributed by atoms with E-state index in [1.54, 1.807) is 18.3 Å². The lowest BCUT2D eigenvalue weighted by Crippen LogP contribution is -2.36. The zero-order valence-corrected chi connectivity index (χ0v) is 12.1. The number of benzene rings is 1. The van der Waals surface area contributed by atoms with Crippen LogP contribution in [0.25, 0.3) is 10.8 Å². The quantitative estimate of drug-likeness (QED) is 0.491. The number of esters is 1. The molecule has 2 heterocycles. The minimum Gasteiger partial charge on any atom is -0.467 e. The van der Waals surface area contributed by atoms with Crippen LogP contribution in [-0.2, 0) is 9.53 Å². The third kappa shape index (κ3) is 2.24. The first-order chi connectivity index (χ1) is 10.6. The Morgan fingerprint density at radius 1 is 1.41 bits per heavy atom. The summed E-state index contributed by atoms with van der Waals surface area (Å²) in [5, 5.41) is 12.4. The molecule has 7 nitrogen and oxygen atoms in total. The number of aromatic nitrogens is 1. The van der Waals surface area contributed by atoms with Crippen LogP contribution in [0.2, 0.25) is 0 Å². The van der Waals surface area contributed by atoms with E-state index in [2.05, 4.69) is 4.98 Å². The van der Waals surface area contributed by atoms with E-state index in [0.29, 0.717) is 5.39 Å². The fourth-order valence-electron chi connectivity index (χ4n) is 3.01. The maximum atomic E-state index is 11.9. The minimum absolute atomic E-state index is 0.0145. The van der Waals surface area contributed by atoms with Gasteiger partial charge in [-0.2, -0.15) is 0 Å². The Labute approximate surface area is 126 Å². The Morgan fingerprint density at radius 3 is 2.95 bits per heavy atom. The third-order valence-electron chi connectivity index (χ3n) is 4.00. The molecule has 0 bridgehead atoms. The Hall–Kier alpha value is -2.70. The molecule has 0 aliphatic carbocycles. The van der Waals surface area contributed by atoms with Crippen LogP contribution in [0.5, 0.6) is 0 Å². The van der Waals surface area contributed by atoms with Crippen LogP contribution in [0.1, 0.15) is 12.8 Å². The smallest absolute Gasteiger partial charge is 0.328 e. The van der Waals surface area contributed by atoms with Crippen molar-refractivity contribution in [2.45, 2.75) is 18.9 Å². The number of hydrogen-bond donors (Lipinski definition) is 0. The van der Waals surface area contributed by atoms with E-state index < -0.39 is 4.92 Å². The van der Waals surface area contributed by atoms with Gasteiger partial charge in [-0.25, -0.2) is 4.79 Å². The van der Waals surface area contributed by atoms with E-state index in [1.807, 2.05) is 4.90 Å². The number of non-ortho nitro benzene ring substituents is 1. The predicted octanol–water partition coefficient (Wildman–Crippen LogP) is 2.28. The van der Waals surface area contributed by atoms with Crippen molar-refractivity contribution in [1.29, 1.82) is 0 Å². The molecule has 114 valence electrons. The molecule has 0 saturated carbocycles. The van der Waals surface area contributed by atoms with Gasteiger partial charge in [-0.3, -0.25) is 15.1 Å². The number of rotatable bonds is 3. The first-order valence-electron chi connectivity index (χ1n) is 6.99. The monoisotopic (exact) mass is 301 g/mol. The van der Waals surface area contributed by atoms with Crippen LogP contribution in [-0.4, -0.2) is 35.6 Å². The van der Waals surface area contributed by atoms with Crippen molar-refractivity contribution in [2.75, 3.05) is 18.6 Å². The predicted molar refractivity (Wildman–Crippen MR) is 80.8 cm³/mol. The molecule has 1 aromatic heterocycles. The van der Waals surface area contributed by atoms with Crippen LogP contribution >= 0.6 is 0 Å². The van der Waals surface area contributed by atoms with Gasteiger partial charge in [0.1, 0.15) is 6.04 Å². The summed E-state index contributed by atoms with van der Waals surface area (Å²) in [6, 6.07) is 4.56. The van der Waals surface area contributed by atoms with Gasteiger partial charge in [0.15, 0.2) is 0 Å². The van der Waals surface area contributed by atoms with E-state index in [1.165, 1.54) is 19.4 Å². The minimum atomic E-state index is -0.421. The topological polar surface area (TPSA) is 85.6 Å². The van der Waals surface area contributed by atoms with Crippen LogP contribution in [0.3, 0.4) is 0 Å². The summed E-state index contributed by atoms with van der Waals surface area (Å²) in [6.07, 6.45) is 4.68. The molecule has 0 spiro atoms. The molecule has 0 N–H and O–H groups in total. The van der Waals surface area contributed by atoms with Crippen LogP contribution in [0.15, 0.2) is 30.6 Å². The van der Waals surface area contributed by atoms with Crippen molar-refractivity contribution in [3.8, 4) is 0 Å². The van der Waals surface area contributed by atoms with Gasteiger partial charge in [0.05, 0.1) is 17.4 Å². The van der Waals surface area contributed by atoms with E-state index in [0.717, 1.165) is 30.5 Å². The molecule has 0 radical (unpaired) electrons. The van der Waals surface area contributed by atoms with Gasteiger partial charge in [0.25, 0.3) is 5.69 Å². The second kappa shape index (κ2) is 5.59. The number of anilines is 1. The lowest BCUT2D eigenvalue weighted by molar-refractivity contribution is -0.383. The summed E-state index contributed by atoms with van der Waals surface area (Å²) in [5.41, 5.74) is 0.816. The first kappa shape index (κ1) is 14.2. The number of carbonyl (C=O) groups is 1. The van der Waals surface area contributed by atoms with Gasteiger partial charge in [-0.05, 0) is 25.0 Å². The summed E-state index contributed by atoms with van der Waals surface area (Å²) >= 11 is 0. The highest BCUT2D eigenvalue weighted by Crippen LogP contribution is 2.36. The highest BCUT2D eigenvalue weighted by Gasteiger charge is 2.33. The van der Waals surface area contributed by atoms with Gasteiger partial charge in [-0.15, -0.1) is 0 Å². The molecular formula is C15H15N3O4. The molecule has 1 aliphatic rings. The van der Waals surface area contributed by atoms with Gasteiger partial charge >= 0.3 is 5.97 Å². The van der Waals surface area contributed by atoms with Crippen molar-refractivity contribution < 1.29 is 14.5 Å². The molecule has 0 amide bonds. The maximum Gasteiger partial charge on any atom is 0.328 e. The number of methoxy groups -OCH3 is 1. The standard InChI is InChI=1S/C15H15N3O4/c1-22-15(19)14-3-2-8-17(14)12-4-5-13(18(20)21)11-9-16-7-6-10(11)12/h4-7,9,14H,2-3,8H2,1H3. The van der Waals surface area contributed by atoms with Gasteiger partial charge in [0, 0.05) is 36.1 Å². The van der Waals surface area contributed by atoms with Crippen LogP contribution in [0.4, 0.5) is 11.4 Å². The molecule has 1 fully saturated rings.